The van der Waals surface area contributed by atoms with Crippen molar-refractivity contribution < 1.29 is 9.99 Å². The van der Waals surface area contributed by atoms with E-state index < -0.39 is 5.03 Å². The van der Waals surface area contributed by atoms with Gasteiger partial charge >= 0.3 is 5.82 Å². The minimum atomic E-state index is -0.786. The predicted octanol–water partition coefficient (Wildman–Crippen LogP) is -0.936. The molecule has 0 amide bonds. The van der Waals surface area contributed by atoms with Crippen LogP contribution in [-0.4, -0.2) is 20.3 Å². The third-order valence-electron chi connectivity index (χ3n) is 1.81. The molecule has 0 atom stereocenters. The highest BCUT2D eigenvalue weighted by Crippen LogP contribution is 2.27. The van der Waals surface area contributed by atoms with Gasteiger partial charge in [-0.2, -0.15) is 4.91 Å². The summed E-state index contributed by atoms with van der Waals surface area (Å²) in [4.78, 5) is 13.0. The van der Waals surface area contributed by atoms with Crippen LogP contribution in [0.5, 0.6) is 0 Å². The molecule has 0 unspecified atom stereocenters. The van der Waals surface area contributed by atoms with Gasteiger partial charge in [0.25, 0.3) is 0 Å². The lowest BCUT2D eigenvalue weighted by Crippen LogP contribution is -2.40. The number of rotatable bonds is 2. The van der Waals surface area contributed by atoms with Crippen molar-refractivity contribution in [1.29, 1.82) is 0 Å². The van der Waals surface area contributed by atoms with Gasteiger partial charge < -0.3 is 5.21 Å². The zero-order valence-corrected chi connectivity index (χ0v) is 7.53. The van der Waals surface area contributed by atoms with Crippen molar-refractivity contribution in [3.05, 3.63) is 37.5 Å². The lowest BCUT2D eigenvalue weighted by atomic mass is 10.3. The summed E-state index contributed by atoms with van der Waals surface area (Å²) in [6, 6.07) is 0. The molecule has 1 aromatic heterocycles. The zero-order valence-electron chi connectivity index (χ0n) is 7.53. The van der Waals surface area contributed by atoms with E-state index in [-0.39, 0.29) is 17.3 Å². The van der Waals surface area contributed by atoms with Gasteiger partial charge in [-0.15, -0.1) is 5.53 Å². The normalized spacial score (nSPS) is 13.2. The molecule has 1 aliphatic heterocycles. The van der Waals surface area contributed by atoms with Gasteiger partial charge in [-0.3, -0.25) is 0 Å². The maximum absolute atomic E-state index is 10.8. The summed E-state index contributed by atoms with van der Waals surface area (Å²) in [5.74, 6) is -0.112. The van der Waals surface area contributed by atoms with E-state index >= 15 is 0 Å². The standard InChI is InChI=1S/C4H3N9O3/c5-8-9-11-4-3(1-6-12(14)7-4)2-10(11)13(15)16/h1H,2H2. The molecule has 0 aliphatic carbocycles. The third kappa shape index (κ3) is 1.34. The van der Waals surface area contributed by atoms with Gasteiger partial charge in [0.1, 0.15) is 6.20 Å². The summed E-state index contributed by atoms with van der Waals surface area (Å²) >= 11 is 0. The third-order valence-corrected chi connectivity index (χ3v) is 1.81. The summed E-state index contributed by atoms with van der Waals surface area (Å²) in [7, 11) is 0. The van der Waals surface area contributed by atoms with Gasteiger partial charge in [0.05, 0.1) is 20.7 Å². The van der Waals surface area contributed by atoms with Gasteiger partial charge in [-0.25, -0.2) is 10.1 Å². The number of nitro groups is 1. The van der Waals surface area contributed by atoms with Crippen LogP contribution in [0.2, 0.25) is 0 Å². The lowest BCUT2D eigenvalue weighted by Gasteiger charge is -2.08. The number of anilines is 1. The Balaban J connectivity index is 2.49. The second-order valence-corrected chi connectivity index (χ2v) is 2.68. The van der Waals surface area contributed by atoms with Crippen LogP contribution in [-0.2, 0) is 6.54 Å². The Morgan fingerprint density at radius 3 is 3.12 bits per heavy atom. The molecular formula is C4H3N9O3. The minimum absolute atomic E-state index is 0.0256. The highest BCUT2D eigenvalue weighted by atomic mass is 16.7. The SMILES string of the molecule is [N-]=[N+]=NN1c2n[n+]([O-])ncc2CN1[N+](=O)[O-]. The molecule has 0 radical (unpaired) electrons. The molecule has 0 saturated carbocycles. The summed E-state index contributed by atoms with van der Waals surface area (Å²) in [6.45, 7) is -0.178. The van der Waals surface area contributed by atoms with Crippen LogP contribution in [0.3, 0.4) is 0 Å². The van der Waals surface area contributed by atoms with Crippen LogP contribution in [0, 0.1) is 15.3 Å². The largest absolute Gasteiger partial charge is 0.569 e. The van der Waals surface area contributed by atoms with E-state index in [2.05, 4.69) is 20.3 Å². The Hall–Kier alpha value is -2.88. The van der Waals surface area contributed by atoms with E-state index in [4.69, 9.17) is 5.53 Å². The maximum Gasteiger partial charge on any atom is 0.328 e. The first-order chi connectivity index (χ1) is 7.63. The Morgan fingerprint density at radius 1 is 1.75 bits per heavy atom. The first-order valence-corrected chi connectivity index (χ1v) is 3.86. The van der Waals surface area contributed by atoms with Crippen molar-refractivity contribution in [2.75, 3.05) is 5.12 Å². The fraction of sp³-hybridized carbons (Fsp3) is 0.250. The molecule has 12 heteroatoms. The molecule has 82 valence electrons. The van der Waals surface area contributed by atoms with Gasteiger partial charge in [-0.1, -0.05) is 0 Å². The molecule has 0 fully saturated rings. The number of nitrogens with zero attached hydrogens (tertiary/aromatic N) is 9. The fourth-order valence-electron chi connectivity index (χ4n) is 1.21. The van der Waals surface area contributed by atoms with Gasteiger partial charge in [0.15, 0.2) is 11.6 Å². The smallest absolute Gasteiger partial charge is 0.328 e. The van der Waals surface area contributed by atoms with Crippen molar-refractivity contribution in [2.24, 2.45) is 5.22 Å². The number of aromatic nitrogens is 3. The van der Waals surface area contributed by atoms with Crippen LogP contribution in [0.25, 0.3) is 10.4 Å². The minimum Gasteiger partial charge on any atom is -0.569 e. The Kier molecular flexibility index (Phi) is 2.03. The molecule has 16 heavy (non-hydrogen) atoms. The molecular weight excluding hydrogens is 222 g/mol. The molecule has 1 aliphatic rings. The van der Waals surface area contributed by atoms with Crippen LogP contribution in [0.1, 0.15) is 5.56 Å². The second-order valence-electron chi connectivity index (χ2n) is 2.68. The number of hydrazine groups is 2. The molecule has 2 rings (SSSR count). The van der Waals surface area contributed by atoms with Crippen molar-refractivity contribution in [3.63, 3.8) is 0 Å². The molecule has 0 spiro atoms. The van der Waals surface area contributed by atoms with Gasteiger partial charge in [0.2, 0.25) is 0 Å². The van der Waals surface area contributed by atoms with Gasteiger partial charge in [-0.05, 0) is 5.12 Å². The van der Waals surface area contributed by atoms with E-state index in [1.807, 2.05) is 0 Å². The van der Waals surface area contributed by atoms with E-state index in [0.29, 0.717) is 15.8 Å². The molecule has 1 aromatic rings. The van der Waals surface area contributed by atoms with E-state index in [1.165, 1.54) is 0 Å². The first-order valence-electron chi connectivity index (χ1n) is 3.86. The summed E-state index contributed by atoms with van der Waals surface area (Å²) in [6.07, 6.45) is 1.12. The highest BCUT2D eigenvalue weighted by Gasteiger charge is 2.43. The highest BCUT2D eigenvalue weighted by molar-refractivity contribution is 5.45. The van der Waals surface area contributed by atoms with Crippen LogP contribution in [0.15, 0.2) is 11.4 Å². The van der Waals surface area contributed by atoms with Crippen LogP contribution in [0.4, 0.5) is 5.82 Å². The Bertz CT molecular complexity index is 496. The van der Waals surface area contributed by atoms with Crippen LogP contribution >= 0.6 is 0 Å². The zero-order chi connectivity index (χ0) is 11.7. The van der Waals surface area contributed by atoms with Crippen molar-refractivity contribution in [2.45, 2.75) is 6.54 Å². The first kappa shape index (κ1) is 9.67. The monoisotopic (exact) mass is 225 g/mol. The average Bonchev–Trinajstić information content (AvgIpc) is 2.58. The molecule has 0 N–H and O–H groups in total. The topological polar surface area (TPSA) is 151 Å². The number of hydrogen-bond acceptors (Lipinski definition) is 6. The average molecular weight is 225 g/mol. The van der Waals surface area contributed by atoms with Crippen molar-refractivity contribution in [1.82, 2.24) is 15.3 Å². The Labute approximate surface area is 86.6 Å². The number of fused-ring (bicyclic) bond motifs is 1. The van der Waals surface area contributed by atoms with Crippen molar-refractivity contribution >= 4 is 5.82 Å². The quantitative estimate of drug-likeness (QED) is 0.120. The fourth-order valence-corrected chi connectivity index (χ4v) is 1.21. The lowest BCUT2D eigenvalue weighted by molar-refractivity contribution is -0.727. The molecule has 0 aromatic carbocycles. The molecule has 12 nitrogen and oxygen atoms in total. The number of hydrogen-bond donors (Lipinski definition) is 0. The van der Waals surface area contributed by atoms with Crippen molar-refractivity contribution in [3.8, 4) is 0 Å². The molecule has 2 heterocycles. The van der Waals surface area contributed by atoms with Gasteiger partial charge in [0, 0.05) is 10.3 Å². The van der Waals surface area contributed by atoms with E-state index in [0.717, 1.165) is 6.20 Å². The summed E-state index contributed by atoms with van der Waals surface area (Å²) < 4.78 is 0. The predicted molar refractivity (Wildman–Crippen MR) is 45.2 cm³/mol. The maximum atomic E-state index is 10.8. The molecule has 0 saturated heterocycles. The van der Waals surface area contributed by atoms with E-state index in [9.17, 15) is 15.3 Å². The Morgan fingerprint density at radius 2 is 2.50 bits per heavy atom. The number of azide groups is 1. The molecule has 0 bridgehead atoms. The second kappa shape index (κ2) is 3.36. The van der Waals surface area contributed by atoms with Crippen LogP contribution < -0.4 is 10.1 Å². The summed E-state index contributed by atoms with van der Waals surface area (Å²) in [5, 5.41) is 31.4. The summed E-state index contributed by atoms with van der Waals surface area (Å²) in [5.41, 5.74) is 8.58. The van der Waals surface area contributed by atoms with E-state index in [1.54, 1.807) is 0 Å².